The van der Waals surface area contributed by atoms with Gasteiger partial charge >= 0.3 is 5.97 Å². The number of carboxylic acid groups (broad SMARTS) is 1. The van der Waals surface area contributed by atoms with E-state index in [1.165, 1.54) is 0 Å². The molecule has 1 rings (SSSR count). The van der Waals surface area contributed by atoms with Crippen LogP contribution in [0, 0.1) is 0 Å². The van der Waals surface area contributed by atoms with E-state index in [0.29, 0.717) is 6.42 Å². The second-order valence-corrected chi connectivity index (χ2v) is 4.48. The van der Waals surface area contributed by atoms with Crippen LogP contribution in [0.3, 0.4) is 0 Å². The molecule has 0 aliphatic carbocycles. The highest BCUT2D eigenvalue weighted by atomic mass is 16.4. The van der Waals surface area contributed by atoms with Gasteiger partial charge in [0.05, 0.1) is 6.04 Å². The minimum absolute atomic E-state index is 0.251. The van der Waals surface area contributed by atoms with Gasteiger partial charge in [-0.15, -0.1) is 0 Å². The fraction of sp³-hybridized carbons (Fsp3) is 0.429. The van der Waals surface area contributed by atoms with Crippen LogP contribution in [0.1, 0.15) is 25.3 Å². The predicted octanol–water partition coefficient (Wildman–Crippen LogP) is 0.926. The van der Waals surface area contributed by atoms with Crippen LogP contribution in [-0.2, 0) is 16.0 Å². The molecule has 1 aromatic rings. The Morgan fingerprint density at radius 2 is 1.95 bits per heavy atom. The molecule has 5 nitrogen and oxygen atoms in total. The van der Waals surface area contributed by atoms with Gasteiger partial charge in [-0.3, -0.25) is 4.79 Å². The number of carbonyl (C=O) groups is 2. The summed E-state index contributed by atoms with van der Waals surface area (Å²) >= 11 is 0. The minimum Gasteiger partial charge on any atom is -0.480 e. The maximum Gasteiger partial charge on any atom is 0.326 e. The van der Waals surface area contributed by atoms with E-state index in [2.05, 4.69) is 5.32 Å². The molecule has 104 valence electrons. The van der Waals surface area contributed by atoms with E-state index in [4.69, 9.17) is 10.8 Å². The van der Waals surface area contributed by atoms with Crippen LogP contribution in [0.4, 0.5) is 0 Å². The SMILES string of the molecule is CCCC(N)C(=O)N[C@H](Cc1ccccc1)C(=O)O. The summed E-state index contributed by atoms with van der Waals surface area (Å²) in [4.78, 5) is 22.9. The number of hydrogen-bond donors (Lipinski definition) is 3. The van der Waals surface area contributed by atoms with Crippen molar-refractivity contribution in [1.29, 1.82) is 0 Å². The van der Waals surface area contributed by atoms with Gasteiger partial charge in [0.1, 0.15) is 6.04 Å². The lowest BCUT2D eigenvalue weighted by Crippen LogP contribution is -2.49. The molecule has 19 heavy (non-hydrogen) atoms. The molecule has 0 spiro atoms. The zero-order valence-electron chi connectivity index (χ0n) is 11.0. The third kappa shape index (κ3) is 5.09. The second-order valence-electron chi connectivity index (χ2n) is 4.48. The van der Waals surface area contributed by atoms with Crippen molar-refractivity contribution in [2.75, 3.05) is 0 Å². The smallest absolute Gasteiger partial charge is 0.326 e. The van der Waals surface area contributed by atoms with Crippen LogP contribution in [-0.4, -0.2) is 29.1 Å². The first-order valence-electron chi connectivity index (χ1n) is 6.37. The Balaban J connectivity index is 2.64. The Bertz CT molecular complexity index is 420. The third-order valence-electron chi connectivity index (χ3n) is 2.83. The van der Waals surface area contributed by atoms with E-state index in [1.807, 2.05) is 37.3 Å². The lowest BCUT2D eigenvalue weighted by molar-refractivity contribution is -0.142. The molecule has 4 N–H and O–H groups in total. The highest BCUT2D eigenvalue weighted by Gasteiger charge is 2.22. The molecule has 0 radical (unpaired) electrons. The van der Waals surface area contributed by atoms with Crippen LogP contribution in [0.5, 0.6) is 0 Å². The van der Waals surface area contributed by atoms with E-state index in [0.717, 1.165) is 12.0 Å². The molecular formula is C14H20N2O3. The van der Waals surface area contributed by atoms with E-state index >= 15 is 0 Å². The second kappa shape index (κ2) is 7.53. The van der Waals surface area contributed by atoms with Crippen molar-refractivity contribution in [2.45, 2.75) is 38.3 Å². The van der Waals surface area contributed by atoms with Crippen molar-refractivity contribution in [1.82, 2.24) is 5.32 Å². The van der Waals surface area contributed by atoms with Crippen LogP contribution < -0.4 is 11.1 Å². The van der Waals surface area contributed by atoms with E-state index in [-0.39, 0.29) is 6.42 Å². The average Bonchev–Trinajstić information content (AvgIpc) is 2.39. The summed E-state index contributed by atoms with van der Waals surface area (Å²) < 4.78 is 0. The summed E-state index contributed by atoms with van der Waals surface area (Å²) in [5.41, 5.74) is 6.53. The molecule has 2 atom stereocenters. The van der Waals surface area contributed by atoms with E-state index < -0.39 is 24.0 Å². The summed E-state index contributed by atoms with van der Waals surface area (Å²) in [6, 6.07) is 7.58. The van der Waals surface area contributed by atoms with Crippen molar-refractivity contribution < 1.29 is 14.7 Å². The van der Waals surface area contributed by atoms with E-state index in [9.17, 15) is 9.59 Å². The highest BCUT2D eigenvalue weighted by molar-refractivity contribution is 5.86. The maximum absolute atomic E-state index is 11.7. The lowest BCUT2D eigenvalue weighted by Gasteiger charge is -2.17. The molecule has 0 bridgehead atoms. The summed E-state index contributed by atoms with van der Waals surface area (Å²) in [5, 5.41) is 11.6. The highest BCUT2D eigenvalue weighted by Crippen LogP contribution is 2.04. The van der Waals surface area contributed by atoms with Crippen molar-refractivity contribution >= 4 is 11.9 Å². The molecule has 5 heteroatoms. The Morgan fingerprint density at radius 3 is 2.47 bits per heavy atom. The number of benzene rings is 1. The number of carbonyl (C=O) groups excluding carboxylic acids is 1. The van der Waals surface area contributed by atoms with Gasteiger partial charge in [0.2, 0.25) is 5.91 Å². The summed E-state index contributed by atoms with van der Waals surface area (Å²) in [6.07, 6.45) is 1.58. The largest absolute Gasteiger partial charge is 0.480 e. The standard InChI is InChI=1S/C14H20N2O3/c1-2-6-11(15)13(17)16-12(14(18)19)9-10-7-4-3-5-8-10/h3-5,7-8,11-12H,2,6,9,15H2,1H3,(H,16,17)(H,18,19)/t11?,12-/m1/s1. The number of aliphatic carboxylic acids is 1. The van der Waals surface area contributed by atoms with E-state index in [1.54, 1.807) is 0 Å². The Hall–Kier alpha value is -1.88. The Labute approximate surface area is 112 Å². The summed E-state index contributed by atoms with van der Waals surface area (Å²) in [6.45, 7) is 1.92. The molecule has 0 saturated heterocycles. The molecule has 1 unspecified atom stereocenters. The van der Waals surface area contributed by atoms with Gasteiger partial charge < -0.3 is 16.2 Å². The van der Waals surface area contributed by atoms with Gasteiger partial charge in [-0.1, -0.05) is 43.7 Å². The average molecular weight is 264 g/mol. The van der Waals surface area contributed by atoms with Gasteiger partial charge in [0, 0.05) is 6.42 Å². The third-order valence-corrected chi connectivity index (χ3v) is 2.83. The molecule has 0 aromatic heterocycles. The van der Waals surface area contributed by atoms with Gasteiger partial charge in [-0.2, -0.15) is 0 Å². The zero-order valence-corrected chi connectivity index (χ0v) is 11.0. The fourth-order valence-corrected chi connectivity index (χ4v) is 1.77. The van der Waals surface area contributed by atoms with Gasteiger partial charge in [0.25, 0.3) is 0 Å². The number of carboxylic acids is 1. The molecular weight excluding hydrogens is 244 g/mol. The lowest BCUT2D eigenvalue weighted by atomic mass is 10.1. The monoisotopic (exact) mass is 264 g/mol. The first kappa shape index (κ1) is 15.2. The van der Waals surface area contributed by atoms with Crippen molar-refractivity contribution in [3.8, 4) is 0 Å². The number of hydrogen-bond acceptors (Lipinski definition) is 3. The van der Waals surface area contributed by atoms with Crippen LogP contribution >= 0.6 is 0 Å². The normalized spacial score (nSPS) is 13.6. The number of nitrogens with one attached hydrogen (secondary N) is 1. The van der Waals surface area contributed by atoms with Crippen molar-refractivity contribution in [3.63, 3.8) is 0 Å². The Kier molecular flexibility index (Phi) is 6.02. The number of nitrogens with two attached hydrogens (primary N) is 1. The molecule has 1 aromatic carbocycles. The first-order valence-corrected chi connectivity index (χ1v) is 6.37. The molecule has 1 amide bonds. The quantitative estimate of drug-likeness (QED) is 0.683. The number of amides is 1. The predicted molar refractivity (Wildman–Crippen MR) is 72.6 cm³/mol. The summed E-state index contributed by atoms with van der Waals surface area (Å²) in [7, 11) is 0. The van der Waals surface area contributed by atoms with Crippen LogP contribution in [0.15, 0.2) is 30.3 Å². The number of rotatable bonds is 7. The molecule has 0 aliphatic heterocycles. The van der Waals surface area contributed by atoms with Crippen LogP contribution in [0.2, 0.25) is 0 Å². The first-order chi connectivity index (χ1) is 9.04. The van der Waals surface area contributed by atoms with Gasteiger partial charge in [-0.05, 0) is 12.0 Å². The molecule has 0 saturated carbocycles. The van der Waals surface area contributed by atoms with Gasteiger partial charge in [0.15, 0.2) is 0 Å². The molecule has 0 heterocycles. The topological polar surface area (TPSA) is 92.4 Å². The van der Waals surface area contributed by atoms with Crippen molar-refractivity contribution in [2.24, 2.45) is 5.73 Å². The summed E-state index contributed by atoms with van der Waals surface area (Å²) in [5.74, 6) is -1.47. The van der Waals surface area contributed by atoms with Crippen LogP contribution in [0.25, 0.3) is 0 Å². The minimum atomic E-state index is -1.05. The maximum atomic E-state index is 11.7. The molecule has 0 fully saturated rings. The van der Waals surface area contributed by atoms with Gasteiger partial charge in [-0.25, -0.2) is 4.79 Å². The Morgan fingerprint density at radius 1 is 1.32 bits per heavy atom. The van der Waals surface area contributed by atoms with Crippen molar-refractivity contribution in [3.05, 3.63) is 35.9 Å². The fourth-order valence-electron chi connectivity index (χ4n) is 1.77. The zero-order chi connectivity index (χ0) is 14.3. The molecule has 0 aliphatic rings.